The van der Waals surface area contributed by atoms with Crippen molar-refractivity contribution in [1.82, 2.24) is 10.1 Å². The number of carbonyl (C=O) groups is 1. The first-order chi connectivity index (χ1) is 8.72. The second-order valence-corrected chi connectivity index (χ2v) is 4.42. The molecule has 0 saturated carbocycles. The number of aryl methyl sites for hydroxylation is 1. The fourth-order valence-electron chi connectivity index (χ4n) is 2.08. The van der Waals surface area contributed by atoms with Crippen LogP contribution in [0.15, 0.2) is 10.7 Å². The molecule has 0 unspecified atom stereocenters. The van der Waals surface area contributed by atoms with Crippen LogP contribution in [0.3, 0.4) is 0 Å². The van der Waals surface area contributed by atoms with Gasteiger partial charge in [0.05, 0.1) is 25.5 Å². The monoisotopic (exact) mass is 254 g/mol. The van der Waals surface area contributed by atoms with Gasteiger partial charge in [0, 0.05) is 18.7 Å². The first-order valence-electron chi connectivity index (χ1n) is 6.15. The molecule has 0 bridgehead atoms. The van der Waals surface area contributed by atoms with Gasteiger partial charge in [0.2, 0.25) is 5.76 Å². The third kappa shape index (κ3) is 2.88. The van der Waals surface area contributed by atoms with E-state index in [1.54, 1.807) is 18.0 Å². The topological polar surface area (TPSA) is 75.8 Å². The molecule has 0 aliphatic carbocycles. The number of aliphatic hydroxyl groups is 1. The highest BCUT2D eigenvalue weighted by Crippen LogP contribution is 2.17. The quantitative estimate of drug-likeness (QED) is 0.851. The van der Waals surface area contributed by atoms with E-state index in [1.807, 2.05) is 0 Å². The number of piperidine rings is 1. The predicted molar refractivity (Wildman–Crippen MR) is 63.2 cm³/mol. The number of aromatic nitrogens is 1. The highest BCUT2D eigenvalue weighted by atomic mass is 16.5. The van der Waals surface area contributed by atoms with Crippen molar-refractivity contribution < 1.29 is 19.2 Å². The fraction of sp³-hybridized carbons (Fsp3) is 0.667. The van der Waals surface area contributed by atoms with Crippen LogP contribution in [-0.2, 0) is 4.74 Å². The first-order valence-corrected chi connectivity index (χ1v) is 6.15. The second kappa shape index (κ2) is 5.97. The van der Waals surface area contributed by atoms with Gasteiger partial charge in [-0.2, -0.15) is 0 Å². The Morgan fingerprint density at radius 2 is 2.33 bits per heavy atom. The number of carbonyl (C=O) groups excluding carboxylic acids is 1. The Morgan fingerprint density at radius 3 is 2.89 bits per heavy atom. The van der Waals surface area contributed by atoms with E-state index in [0.717, 1.165) is 18.4 Å². The summed E-state index contributed by atoms with van der Waals surface area (Å²) in [6.45, 7) is 3.50. The summed E-state index contributed by atoms with van der Waals surface area (Å²) < 4.78 is 10.4. The van der Waals surface area contributed by atoms with Gasteiger partial charge < -0.3 is 19.3 Å². The number of hydrogen-bond donors (Lipinski definition) is 1. The molecule has 1 aliphatic heterocycles. The molecule has 6 nitrogen and oxygen atoms in total. The van der Waals surface area contributed by atoms with E-state index in [0.29, 0.717) is 25.5 Å². The van der Waals surface area contributed by atoms with E-state index in [2.05, 4.69) is 5.16 Å². The van der Waals surface area contributed by atoms with Gasteiger partial charge in [-0.1, -0.05) is 5.16 Å². The molecule has 0 aromatic carbocycles. The van der Waals surface area contributed by atoms with E-state index < -0.39 is 0 Å². The van der Waals surface area contributed by atoms with E-state index in [9.17, 15) is 4.79 Å². The molecule has 100 valence electrons. The van der Waals surface area contributed by atoms with Gasteiger partial charge in [-0.15, -0.1) is 0 Å². The fourth-order valence-corrected chi connectivity index (χ4v) is 2.08. The van der Waals surface area contributed by atoms with Crippen LogP contribution in [0.4, 0.5) is 0 Å². The molecule has 0 radical (unpaired) electrons. The molecule has 0 spiro atoms. The van der Waals surface area contributed by atoms with Crippen molar-refractivity contribution in [3.05, 3.63) is 17.5 Å². The van der Waals surface area contributed by atoms with E-state index in [1.165, 1.54) is 0 Å². The molecule has 6 heteroatoms. The van der Waals surface area contributed by atoms with Gasteiger partial charge in [0.25, 0.3) is 5.91 Å². The highest BCUT2D eigenvalue weighted by molar-refractivity contribution is 5.92. The molecule has 0 atom stereocenters. The van der Waals surface area contributed by atoms with Crippen LogP contribution in [0.1, 0.15) is 29.0 Å². The van der Waals surface area contributed by atoms with Crippen LogP contribution in [0, 0.1) is 6.92 Å². The largest absolute Gasteiger partial charge is 0.394 e. The molecular weight excluding hydrogens is 236 g/mol. The lowest BCUT2D eigenvalue weighted by atomic mass is 10.1. The van der Waals surface area contributed by atoms with Crippen LogP contribution in [-0.4, -0.2) is 53.5 Å². The minimum Gasteiger partial charge on any atom is -0.394 e. The van der Waals surface area contributed by atoms with Crippen molar-refractivity contribution in [1.29, 1.82) is 0 Å². The zero-order valence-electron chi connectivity index (χ0n) is 10.5. The molecule has 1 fully saturated rings. The highest BCUT2D eigenvalue weighted by Gasteiger charge is 2.26. The maximum absolute atomic E-state index is 12.1. The average molecular weight is 254 g/mol. The number of aliphatic hydroxyl groups excluding tert-OH is 1. The summed E-state index contributed by atoms with van der Waals surface area (Å²) in [7, 11) is 0. The maximum Gasteiger partial charge on any atom is 0.292 e. The Morgan fingerprint density at radius 1 is 1.61 bits per heavy atom. The SMILES string of the molecule is Cc1cnoc1C(=O)N1CCC(OCCO)CC1. The van der Waals surface area contributed by atoms with Crippen LogP contribution < -0.4 is 0 Å². The van der Waals surface area contributed by atoms with Crippen molar-refractivity contribution in [2.75, 3.05) is 26.3 Å². The summed E-state index contributed by atoms with van der Waals surface area (Å²) in [5, 5.41) is 12.3. The second-order valence-electron chi connectivity index (χ2n) is 4.42. The Labute approximate surface area is 106 Å². The third-order valence-electron chi connectivity index (χ3n) is 3.12. The molecule has 1 aromatic rings. The van der Waals surface area contributed by atoms with Gasteiger partial charge >= 0.3 is 0 Å². The summed E-state index contributed by atoms with van der Waals surface area (Å²) in [6, 6.07) is 0. The number of ether oxygens (including phenoxy) is 1. The number of hydrogen-bond acceptors (Lipinski definition) is 5. The molecule has 18 heavy (non-hydrogen) atoms. The minimum absolute atomic E-state index is 0.0381. The average Bonchev–Trinajstić information content (AvgIpc) is 2.82. The van der Waals surface area contributed by atoms with Crippen molar-refractivity contribution in [2.45, 2.75) is 25.9 Å². The Balaban J connectivity index is 1.86. The maximum atomic E-state index is 12.1. The van der Waals surface area contributed by atoms with Crippen LogP contribution in [0.25, 0.3) is 0 Å². The number of nitrogens with zero attached hydrogens (tertiary/aromatic N) is 2. The predicted octanol–water partition coefficient (Wildman–Crippen LogP) is 0.597. The van der Waals surface area contributed by atoms with Crippen molar-refractivity contribution in [3.63, 3.8) is 0 Å². The lowest BCUT2D eigenvalue weighted by Crippen LogP contribution is -2.41. The van der Waals surface area contributed by atoms with E-state index in [4.69, 9.17) is 14.4 Å². The van der Waals surface area contributed by atoms with Crippen molar-refractivity contribution in [2.24, 2.45) is 0 Å². The van der Waals surface area contributed by atoms with E-state index >= 15 is 0 Å². The van der Waals surface area contributed by atoms with Gasteiger partial charge in [-0.05, 0) is 19.8 Å². The molecule has 2 rings (SSSR count). The molecule has 1 amide bonds. The van der Waals surface area contributed by atoms with Gasteiger partial charge in [0.1, 0.15) is 0 Å². The van der Waals surface area contributed by atoms with E-state index in [-0.39, 0.29) is 18.6 Å². The molecular formula is C12H18N2O4. The third-order valence-corrected chi connectivity index (χ3v) is 3.12. The minimum atomic E-state index is -0.106. The molecule has 1 N–H and O–H groups in total. The van der Waals surface area contributed by atoms with Gasteiger partial charge in [-0.25, -0.2) is 0 Å². The first kappa shape index (κ1) is 13.0. The number of likely N-dealkylation sites (tertiary alicyclic amines) is 1. The summed E-state index contributed by atoms with van der Waals surface area (Å²) in [6.07, 6.45) is 3.26. The number of rotatable bonds is 4. The summed E-state index contributed by atoms with van der Waals surface area (Å²) >= 11 is 0. The standard InChI is InChI=1S/C12H18N2O4/c1-9-8-13-18-11(9)12(16)14-4-2-10(3-5-14)17-7-6-15/h8,10,15H,2-7H2,1H3. The van der Waals surface area contributed by atoms with Crippen molar-refractivity contribution in [3.8, 4) is 0 Å². The smallest absolute Gasteiger partial charge is 0.292 e. The zero-order chi connectivity index (χ0) is 13.0. The normalized spacial score (nSPS) is 17.1. The zero-order valence-corrected chi connectivity index (χ0v) is 10.5. The van der Waals surface area contributed by atoms with Crippen molar-refractivity contribution >= 4 is 5.91 Å². The molecule has 1 saturated heterocycles. The Hall–Kier alpha value is -1.40. The summed E-state index contributed by atoms with van der Waals surface area (Å²) in [4.78, 5) is 13.9. The molecule has 1 aromatic heterocycles. The van der Waals surface area contributed by atoms with Crippen LogP contribution in [0.5, 0.6) is 0 Å². The lowest BCUT2D eigenvalue weighted by Gasteiger charge is -2.31. The summed E-state index contributed by atoms with van der Waals surface area (Å²) in [5.74, 6) is 0.218. The lowest BCUT2D eigenvalue weighted by molar-refractivity contribution is -0.00623. The molecule has 1 aliphatic rings. The Bertz CT molecular complexity index is 397. The van der Waals surface area contributed by atoms with Gasteiger partial charge in [-0.3, -0.25) is 4.79 Å². The number of amides is 1. The molecule has 2 heterocycles. The van der Waals surface area contributed by atoms with Crippen LogP contribution in [0.2, 0.25) is 0 Å². The van der Waals surface area contributed by atoms with Crippen LogP contribution >= 0.6 is 0 Å². The summed E-state index contributed by atoms with van der Waals surface area (Å²) in [5.41, 5.74) is 0.763. The Kier molecular flexibility index (Phi) is 4.33. The van der Waals surface area contributed by atoms with Gasteiger partial charge in [0.15, 0.2) is 0 Å².